The average Bonchev–Trinajstić information content (AvgIpc) is 2.49. The van der Waals surface area contributed by atoms with Gasteiger partial charge in [-0.2, -0.15) is 0 Å². The van der Waals surface area contributed by atoms with Gasteiger partial charge >= 0.3 is 0 Å². The minimum absolute atomic E-state index is 0.103. The van der Waals surface area contributed by atoms with E-state index in [-0.39, 0.29) is 5.83 Å². The van der Waals surface area contributed by atoms with E-state index in [0.29, 0.717) is 5.92 Å². The van der Waals surface area contributed by atoms with Gasteiger partial charge in [-0.3, -0.25) is 0 Å². The van der Waals surface area contributed by atoms with Crippen LogP contribution >= 0.6 is 0 Å². The zero-order valence-corrected chi connectivity index (χ0v) is 12.2. The Balaban J connectivity index is 1.67. The maximum atomic E-state index is 13.0. The fraction of sp³-hybridized carbons (Fsp3) is 0.474. The Morgan fingerprint density at radius 2 is 1.60 bits per heavy atom. The number of benzene rings is 1. The smallest absolute Gasteiger partial charge is 0.118 e. The van der Waals surface area contributed by atoms with E-state index in [1.807, 2.05) is 6.08 Å². The van der Waals surface area contributed by atoms with E-state index in [9.17, 15) is 4.39 Å². The first-order valence-electron chi connectivity index (χ1n) is 7.86. The Bertz CT molecular complexity index is 501. The van der Waals surface area contributed by atoms with Crippen LogP contribution in [0.4, 0.5) is 4.39 Å². The van der Waals surface area contributed by atoms with Crippen LogP contribution in [0.3, 0.4) is 0 Å². The van der Waals surface area contributed by atoms with Crippen molar-refractivity contribution in [1.29, 1.82) is 0 Å². The van der Waals surface area contributed by atoms with E-state index in [4.69, 9.17) is 0 Å². The molecule has 106 valence electrons. The second kappa shape index (κ2) is 5.95. The molecule has 3 rings (SSSR count). The summed E-state index contributed by atoms with van der Waals surface area (Å²) in [6, 6.07) is 9.05. The maximum Gasteiger partial charge on any atom is 0.118 e. The van der Waals surface area contributed by atoms with Crippen LogP contribution in [0.2, 0.25) is 0 Å². The van der Waals surface area contributed by atoms with Crippen molar-refractivity contribution in [2.45, 2.75) is 50.9 Å². The standard InChI is InChI=1S/C19H23F/c1-14-2-4-15(5-3-14)16-6-8-17(9-7-16)18-10-12-19(20)13-11-18/h6-10,12-15,18H,2-5,11H2,1H3. The molecule has 2 aliphatic carbocycles. The number of hydrogen-bond donors (Lipinski definition) is 0. The van der Waals surface area contributed by atoms with E-state index in [0.717, 1.165) is 18.3 Å². The topological polar surface area (TPSA) is 0 Å². The van der Waals surface area contributed by atoms with Crippen LogP contribution in [-0.2, 0) is 0 Å². The second-order valence-electron chi connectivity index (χ2n) is 6.41. The molecule has 1 saturated carbocycles. The largest absolute Gasteiger partial charge is 0.207 e. The van der Waals surface area contributed by atoms with Crippen molar-refractivity contribution in [3.05, 3.63) is 59.4 Å². The molecule has 0 saturated heterocycles. The van der Waals surface area contributed by atoms with E-state index < -0.39 is 0 Å². The first kappa shape index (κ1) is 13.6. The lowest BCUT2D eigenvalue weighted by Crippen LogP contribution is -2.10. The Morgan fingerprint density at radius 3 is 2.20 bits per heavy atom. The summed E-state index contributed by atoms with van der Waals surface area (Å²) < 4.78 is 13.0. The summed E-state index contributed by atoms with van der Waals surface area (Å²) in [5, 5.41) is 0. The molecule has 0 radical (unpaired) electrons. The highest BCUT2D eigenvalue weighted by atomic mass is 19.1. The van der Waals surface area contributed by atoms with Crippen LogP contribution in [0, 0.1) is 5.92 Å². The first-order valence-corrected chi connectivity index (χ1v) is 7.86. The molecule has 1 heteroatoms. The van der Waals surface area contributed by atoms with Gasteiger partial charge in [0.05, 0.1) is 0 Å². The Morgan fingerprint density at radius 1 is 0.950 bits per heavy atom. The molecule has 1 unspecified atom stereocenters. The maximum absolute atomic E-state index is 13.0. The summed E-state index contributed by atoms with van der Waals surface area (Å²) in [4.78, 5) is 0. The first-order chi connectivity index (χ1) is 9.72. The summed E-state index contributed by atoms with van der Waals surface area (Å²) in [5.41, 5.74) is 2.79. The van der Waals surface area contributed by atoms with Crippen molar-refractivity contribution in [2.24, 2.45) is 5.92 Å². The van der Waals surface area contributed by atoms with Crippen LogP contribution < -0.4 is 0 Å². The molecule has 2 aliphatic rings. The van der Waals surface area contributed by atoms with Gasteiger partial charge in [0, 0.05) is 5.92 Å². The third-order valence-corrected chi connectivity index (χ3v) is 4.91. The molecular formula is C19H23F. The van der Waals surface area contributed by atoms with Gasteiger partial charge in [0.25, 0.3) is 0 Å². The van der Waals surface area contributed by atoms with Crippen molar-refractivity contribution < 1.29 is 4.39 Å². The van der Waals surface area contributed by atoms with Crippen LogP contribution in [0.15, 0.2) is 48.3 Å². The molecule has 20 heavy (non-hydrogen) atoms. The van der Waals surface area contributed by atoms with Gasteiger partial charge in [-0.15, -0.1) is 0 Å². The van der Waals surface area contributed by atoms with Gasteiger partial charge in [-0.05, 0) is 54.4 Å². The van der Waals surface area contributed by atoms with Gasteiger partial charge in [0.15, 0.2) is 0 Å². The quantitative estimate of drug-likeness (QED) is 0.629. The molecule has 0 amide bonds. The number of halogens is 1. The van der Waals surface area contributed by atoms with Gasteiger partial charge < -0.3 is 0 Å². The molecule has 1 aromatic rings. The minimum atomic E-state index is -0.103. The number of rotatable bonds is 2. The molecule has 0 nitrogen and oxygen atoms in total. The lowest BCUT2D eigenvalue weighted by Gasteiger charge is -2.26. The molecule has 0 aromatic heterocycles. The lowest BCUT2D eigenvalue weighted by molar-refractivity contribution is 0.348. The molecule has 0 heterocycles. The number of allylic oxidation sites excluding steroid dienone is 4. The molecular weight excluding hydrogens is 247 g/mol. The Hall–Kier alpha value is -1.37. The monoisotopic (exact) mass is 270 g/mol. The zero-order chi connectivity index (χ0) is 13.9. The summed E-state index contributed by atoms with van der Waals surface area (Å²) in [6.07, 6.45) is 11.4. The van der Waals surface area contributed by atoms with Crippen molar-refractivity contribution in [3.63, 3.8) is 0 Å². The predicted molar refractivity (Wildman–Crippen MR) is 82.5 cm³/mol. The second-order valence-corrected chi connectivity index (χ2v) is 6.41. The predicted octanol–water partition coefficient (Wildman–Crippen LogP) is 5.88. The highest BCUT2D eigenvalue weighted by molar-refractivity contribution is 5.33. The van der Waals surface area contributed by atoms with Crippen LogP contribution in [0.1, 0.15) is 62.0 Å². The Kier molecular flexibility index (Phi) is 4.05. The van der Waals surface area contributed by atoms with Gasteiger partial charge in [-0.1, -0.05) is 50.1 Å². The highest BCUT2D eigenvalue weighted by Gasteiger charge is 2.20. The summed E-state index contributed by atoms with van der Waals surface area (Å²) >= 11 is 0. The van der Waals surface area contributed by atoms with Crippen LogP contribution in [0.25, 0.3) is 0 Å². The molecule has 0 N–H and O–H groups in total. The fourth-order valence-electron chi connectivity index (χ4n) is 3.45. The van der Waals surface area contributed by atoms with E-state index in [1.165, 1.54) is 36.8 Å². The van der Waals surface area contributed by atoms with Gasteiger partial charge in [-0.25, -0.2) is 4.39 Å². The summed E-state index contributed by atoms with van der Waals surface area (Å²) in [5.74, 6) is 1.89. The number of hydrogen-bond acceptors (Lipinski definition) is 0. The fourth-order valence-corrected chi connectivity index (χ4v) is 3.45. The van der Waals surface area contributed by atoms with E-state index >= 15 is 0 Å². The minimum Gasteiger partial charge on any atom is -0.207 e. The van der Waals surface area contributed by atoms with Gasteiger partial charge in [0.1, 0.15) is 5.83 Å². The third kappa shape index (κ3) is 3.03. The summed E-state index contributed by atoms with van der Waals surface area (Å²) in [6.45, 7) is 2.36. The molecule has 0 aliphatic heterocycles. The van der Waals surface area contributed by atoms with E-state index in [1.54, 1.807) is 12.2 Å². The lowest BCUT2D eigenvalue weighted by atomic mass is 9.79. The molecule has 1 aromatic carbocycles. The van der Waals surface area contributed by atoms with Gasteiger partial charge in [0.2, 0.25) is 0 Å². The van der Waals surface area contributed by atoms with Crippen LogP contribution in [0.5, 0.6) is 0 Å². The highest BCUT2D eigenvalue weighted by Crippen LogP contribution is 2.36. The zero-order valence-electron chi connectivity index (χ0n) is 12.2. The molecule has 0 bridgehead atoms. The molecule has 0 spiro atoms. The average molecular weight is 270 g/mol. The van der Waals surface area contributed by atoms with Crippen molar-refractivity contribution >= 4 is 0 Å². The Labute approximate surface area is 121 Å². The van der Waals surface area contributed by atoms with Crippen molar-refractivity contribution in [3.8, 4) is 0 Å². The SMILES string of the molecule is CC1CCC(c2ccc(C3C=CC(F)=CC3)cc2)CC1. The molecule has 1 atom stereocenters. The third-order valence-electron chi connectivity index (χ3n) is 4.91. The van der Waals surface area contributed by atoms with Crippen molar-refractivity contribution in [2.75, 3.05) is 0 Å². The normalized spacial score (nSPS) is 30.1. The van der Waals surface area contributed by atoms with E-state index in [2.05, 4.69) is 31.2 Å². The van der Waals surface area contributed by atoms with Crippen molar-refractivity contribution in [1.82, 2.24) is 0 Å². The molecule has 1 fully saturated rings. The summed E-state index contributed by atoms with van der Waals surface area (Å²) in [7, 11) is 0. The van der Waals surface area contributed by atoms with Crippen LogP contribution in [-0.4, -0.2) is 0 Å².